The molecule has 0 amide bonds. The number of rotatable bonds is 4. The Morgan fingerprint density at radius 3 is 2.58 bits per heavy atom. The molecule has 1 saturated heterocycles. The molecule has 2 aliphatic heterocycles. The van der Waals surface area contributed by atoms with Gasteiger partial charge in [0.15, 0.2) is 0 Å². The van der Waals surface area contributed by atoms with E-state index in [1.165, 1.54) is 16.4 Å². The fraction of sp³-hybridized carbons (Fsp3) is 0.240. The second kappa shape index (κ2) is 8.27. The summed E-state index contributed by atoms with van der Waals surface area (Å²) in [5, 5.41) is 22.6. The minimum atomic E-state index is -3.87. The highest BCUT2D eigenvalue weighted by atomic mass is 32.2. The zero-order chi connectivity index (χ0) is 23.2. The van der Waals surface area contributed by atoms with Gasteiger partial charge in [0.1, 0.15) is 5.82 Å². The van der Waals surface area contributed by atoms with Gasteiger partial charge in [-0.15, -0.1) is 0 Å². The summed E-state index contributed by atoms with van der Waals surface area (Å²) in [6.45, 7) is 0.192. The molecule has 0 radical (unpaired) electrons. The second-order valence-electron chi connectivity index (χ2n) is 8.40. The van der Waals surface area contributed by atoms with Crippen molar-refractivity contribution in [3.63, 3.8) is 0 Å². The molecule has 2 heterocycles. The van der Waals surface area contributed by atoms with Gasteiger partial charge in [0.05, 0.1) is 35.2 Å². The zero-order valence-corrected chi connectivity index (χ0v) is 18.5. The molecule has 2 N–H and O–H groups in total. The Morgan fingerprint density at radius 2 is 1.85 bits per heavy atom. The number of fused-ring (bicyclic) bond motifs is 3. The molecular formula is C25H22FN3O3S. The molecule has 3 aromatic carbocycles. The molecule has 0 spiro atoms. The molecular weight excluding hydrogens is 441 g/mol. The van der Waals surface area contributed by atoms with Gasteiger partial charge in [-0.25, -0.2) is 12.8 Å². The largest absolute Gasteiger partial charge is 0.394 e. The third kappa shape index (κ3) is 3.68. The van der Waals surface area contributed by atoms with Crippen molar-refractivity contribution in [2.45, 2.75) is 23.4 Å². The predicted octanol–water partition coefficient (Wildman–Crippen LogP) is 3.90. The summed E-state index contributed by atoms with van der Waals surface area (Å²) in [5.74, 6) is -0.608. The lowest BCUT2D eigenvalue weighted by molar-refractivity contribution is 0.210. The smallest absolute Gasteiger partial charge is 0.243 e. The molecule has 3 aromatic rings. The normalized spacial score (nSPS) is 22.2. The molecule has 0 bridgehead atoms. The molecule has 8 heteroatoms. The van der Waals surface area contributed by atoms with Crippen LogP contribution in [0.25, 0.3) is 11.1 Å². The summed E-state index contributed by atoms with van der Waals surface area (Å²) in [7, 11) is -3.87. The predicted molar refractivity (Wildman–Crippen MR) is 122 cm³/mol. The lowest BCUT2D eigenvalue weighted by atomic mass is 9.82. The number of sulfonamides is 1. The van der Waals surface area contributed by atoms with Crippen LogP contribution in [0, 0.1) is 23.1 Å². The van der Waals surface area contributed by atoms with Crippen molar-refractivity contribution in [2.75, 3.05) is 18.5 Å². The van der Waals surface area contributed by atoms with Crippen LogP contribution in [0.4, 0.5) is 10.1 Å². The lowest BCUT2D eigenvalue weighted by Gasteiger charge is -2.39. The van der Waals surface area contributed by atoms with Crippen molar-refractivity contribution in [3.05, 3.63) is 83.7 Å². The standard InChI is InChI=1S/C25H22FN3O3S/c26-19-5-7-20(8-6-19)33(31,32)29-11-10-21-24(15-30)28-23-9-4-18(13-22(23)25(21)29)17-3-1-2-16(12-17)14-27/h1-9,12-13,21,24-25,28,30H,10-11,15H2/t21-,24-,25-/m1/s1. The van der Waals surface area contributed by atoms with E-state index in [0.717, 1.165) is 34.5 Å². The third-order valence-electron chi connectivity index (χ3n) is 6.57. The summed E-state index contributed by atoms with van der Waals surface area (Å²) in [6, 6.07) is 19.3. The van der Waals surface area contributed by atoms with Gasteiger partial charge in [-0.1, -0.05) is 18.2 Å². The Balaban J connectivity index is 1.61. The zero-order valence-electron chi connectivity index (χ0n) is 17.6. The van der Waals surface area contributed by atoms with E-state index >= 15 is 0 Å². The molecule has 6 nitrogen and oxygen atoms in total. The van der Waals surface area contributed by atoms with Gasteiger partial charge >= 0.3 is 0 Å². The number of aliphatic hydroxyl groups excluding tert-OH is 1. The van der Waals surface area contributed by atoms with Gasteiger partial charge in [-0.05, 0) is 71.6 Å². The van der Waals surface area contributed by atoms with E-state index in [4.69, 9.17) is 0 Å². The highest BCUT2D eigenvalue weighted by molar-refractivity contribution is 7.89. The molecule has 33 heavy (non-hydrogen) atoms. The van der Waals surface area contributed by atoms with Crippen LogP contribution in [0.5, 0.6) is 0 Å². The van der Waals surface area contributed by atoms with Crippen molar-refractivity contribution in [3.8, 4) is 17.2 Å². The van der Waals surface area contributed by atoms with Crippen LogP contribution in [0.15, 0.2) is 71.6 Å². The summed E-state index contributed by atoms with van der Waals surface area (Å²) in [4.78, 5) is 0.0445. The molecule has 168 valence electrons. The van der Waals surface area contributed by atoms with Crippen molar-refractivity contribution in [2.24, 2.45) is 5.92 Å². The van der Waals surface area contributed by atoms with E-state index in [9.17, 15) is 23.2 Å². The van der Waals surface area contributed by atoms with E-state index in [2.05, 4.69) is 11.4 Å². The number of nitrogens with zero attached hydrogens (tertiary/aromatic N) is 2. The minimum Gasteiger partial charge on any atom is -0.394 e. The highest BCUT2D eigenvalue weighted by Gasteiger charge is 2.48. The van der Waals surface area contributed by atoms with Crippen molar-refractivity contribution >= 4 is 15.7 Å². The van der Waals surface area contributed by atoms with Gasteiger partial charge in [0.2, 0.25) is 10.0 Å². The maximum Gasteiger partial charge on any atom is 0.243 e. The molecule has 2 aliphatic rings. The first-order chi connectivity index (χ1) is 15.9. The molecule has 1 fully saturated rings. The van der Waals surface area contributed by atoms with Crippen molar-refractivity contribution < 1.29 is 17.9 Å². The quantitative estimate of drug-likeness (QED) is 0.612. The molecule has 0 unspecified atom stereocenters. The molecule has 0 aliphatic carbocycles. The van der Waals surface area contributed by atoms with Gasteiger partial charge in [-0.2, -0.15) is 9.57 Å². The average Bonchev–Trinajstić information content (AvgIpc) is 3.30. The van der Waals surface area contributed by atoms with Crippen LogP contribution in [-0.4, -0.2) is 37.0 Å². The maximum absolute atomic E-state index is 13.5. The van der Waals surface area contributed by atoms with Gasteiger partial charge < -0.3 is 10.4 Å². The molecule has 0 aromatic heterocycles. The molecule has 3 atom stereocenters. The van der Waals surface area contributed by atoms with Crippen LogP contribution in [-0.2, 0) is 10.0 Å². The van der Waals surface area contributed by atoms with Gasteiger partial charge in [-0.3, -0.25) is 0 Å². The van der Waals surface area contributed by atoms with Crippen molar-refractivity contribution in [1.82, 2.24) is 4.31 Å². The van der Waals surface area contributed by atoms with Gasteiger partial charge in [0.25, 0.3) is 0 Å². The van der Waals surface area contributed by atoms with Gasteiger partial charge in [0, 0.05) is 18.2 Å². The summed E-state index contributed by atoms with van der Waals surface area (Å²) < 4.78 is 41.9. The average molecular weight is 464 g/mol. The Labute approximate surface area is 192 Å². The number of benzene rings is 3. The Bertz CT molecular complexity index is 1350. The summed E-state index contributed by atoms with van der Waals surface area (Å²) in [6.07, 6.45) is 0.594. The minimum absolute atomic E-state index is 0.0445. The third-order valence-corrected chi connectivity index (χ3v) is 8.46. The summed E-state index contributed by atoms with van der Waals surface area (Å²) in [5.41, 5.74) is 3.89. The van der Waals surface area contributed by atoms with E-state index in [1.54, 1.807) is 12.1 Å². The van der Waals surface area contributed by atoms with E-state index in [0.29, 0.717) is 18.5 Å². The maximum atomic E-state index is 13.5. The van der Waals surface area contributed by atoms with Crippen LogP contribution >= 0.6 is 0 Å². The highest BCUT2D eigenvalue weighted by Crippen LogP contribution is 2.49. The van der Waals surface area contributed by atoms with Crippen LogP contribution < -0.4 is 5.32 Å². The van der Waals surface area contributed by atoms with Crippen LogP contribution in [0.2, 0.25) is 0 Å². The van der Waals surface area contributed by atoms with Crippen LogP contribution in [0.1, 0.15) is 23.6 Å². The Kier molecular flexibility index (Phi) is 5.41. The molecule has 0 saturated carbocycles. The van der Waals surface area contributed by atoms with E-state index < -0.39 is 21.9 Å². The number of anilines is 1. The summed E-state index contributed by atoms with van der Waals surface area (Å²) >= 11 is 0. The van der Waals surface area contributed by atoms with E-state index in [-0.39, 0.29) is 23.5 Å². The number of nitriles is 1. The number of aliphatic hydroxyl groups is 1. The lowest BCUT2D eigenvalue weighted by Crippen LogP contribution is -2.42. The van der Waals surface area contributed by atoms with E-state index in [1.807, 2.05) is 30.3 Å². The first-order valence-corrected chi connectivity index (χ1v) is 12.2. The first kappa shape index (κ1) is 21.6. The number of nitrogens with one attached hydrogen (secondary N) is 1. The Morgan fingerprint density at radius 1 is 1.09 bits per heavy atom. The monoisotopic (exact) mass is 463 g/mol. The number of hydrogen-bond acceptors (Lipinski definition) is 5. The molecule has 5 rings (SSSR count). The van der Waals surface area contributed by atoms with Crippen molar-refractivity contribution in [1.29, 1.82) is 5.26 Å². The Hall–Kier alpha value is -3.25. The SMILES string of the molecule is N#Cc1cccc(-c2ccc3c(c2)[C@H]2[C@H](CCN2S(=O)(=O)c2ccc(F)cc2)[C@@H](CO)N3)c1. The fourth-order valence-corrected chi connectivity index (χ4v) is 6.65. The fourth-order valence-electron chi connectivity index (χ4n) is 4.98. The second-order valence-corrected chi connectivity index (χ2v) is 10.3. The first-order valence-electron chi connectivity index (χ1n) is 10.7. The number of hydrogen-bond donors (Lipinski definition) is 2. The topological polar surface area (TPSA) is 93.4 Å². The number of halogens is 1. The van der Waals surface area contributed by atoms with Crippen LogP contribution in [0.3, 0.4) is 0 Å².